The molecule has 0 aliphatic heterocycles. The monoisotopic (exact) mass is 307 g/mol. The molecule has 3 N–H and O–H groups in total. The molecule has 0 bridgehead atoms. The van der Waals surface area contributed by atoms with E-state index in [1.165, 1.54) is 0 Å². The molecular weight excluding hydrogens is 290 g/mol. The van der Waals surface area contributed by atoms with Gasteiger partial charge in [0.15, 0.2) is 0 Å². The fourth-order valence-electron chi connectivity index (χ4n) is 2.09. The average Bonchev–Trinajstić information content (AvgIpc) is 2.57. The average molecular weight is 307 g/mol. The summed E-state index contributed by atoms with van der Waals surface area (Å²) in [5.74, 6) is 2.77. The van der Waals surface area contributed by atoms with Gasteiger partial charge in [-0.05, 0) is 30.3 Å². The van der Waals surface area contributed by atoms with Crippen LogP contribution in [0.2, 0.25) is 0 Å². The molecule has 0 amide bonds. The summed E-state index contributed by atoms with van der Waals surface area (Å²) in [7, 11) is 1.62. The highest BCUT2D eigenvalue weighted by Crippen LogP contribution is 2.28. The number of nitrogens with zero attached hydrogens (tertiary/aromatic N) is 1. The van der Waals surface area contributed by atoms with E-state index in [4.69, 9.17) is 15.2 Å². The largest absolute Gasteiger partial charge is 0.497 e. The van der Waals surface area contributed by atoms with Crippen molar-refractivity contribution in [2.75, 3.05) is 18.2 Å². The van der Waals surface area contributed by atoms with Crippen molar-refractivity contribution in [1.82, 2.24) is 4.98 Å². The van der Waals surface area contributed by atoms with Gasteiger partial charge in [0.1, 0.15) is 23.1 Å². The Hall–Kier alpha value is -3.21. The predicted octanol–water partition coefficient (Wildman–Crippen LogP) is 4.21. The zero-order valence-electron chi connectivity index (χ0n) is 12.7. The molecule has 0 saturated carbocycles. The summed E-state index contributed by atoms with van der Waals surface area (Å²) in [6.45, 7) is 0. The van der Waals surface area contributed by atoms with Gasteiger partial charge in [-0.3, -0.25) is 0 Å². The number of pyridine rings is 1. The Morgan fingerprint density at radius 1 is 0.913 bits per heavy atom. The predicted molar refractivity (Wildman–Crippen MR) is 91.4 cm³/mol. The lowest BCUT2D eigenvalue weighted by Gasteiger charge is -2.11. The summed E-state index contributed by atoms with van der Waals surface area (Å²) < 4.78 is 11.0. The first kappa shape index (κ1) is 14.7. The van der Waals surface area contributed by atoms with E-state index in [2.05, 4.69) is 10.3 Å². The molecule has 0 unspecified atom stereocenters. The highest BCUT2D eigenvalue weighted by Gasteiger charge is 2.03. The van der Waals surface area contributed by atoms with E-state index < -0.39 is 0 Å². The molecule has 0 aliphatic rings. The second kappa shape index (κ2) is 6.70. The zero-order chi connectivity index (χ0) is 16.1. The van der Waals surface area contributed by atoms with Gasteiger partial charge in [-0.2, -0.15) is 0 Å². The fourth-order valence-corrected chi connectivity index (χ4v) is 2.09. The van der Waals surface area contributed by atoms with E-state index in [1.807, 2.05) is 54.6 Å². The molecule has 3 aromatic rings. The number of hydrogen-bond acceptors (Lipinski definition) is 5. The molecule has 23 heavy (non-hydrogen) atoms. The number of ether oxygens (including phenoxy) is 2. The molecule has 116 valence electrons. The summed E-state index contributed by atoms with van der Waals surface area (Å²) >= 11 is 0. The van der Waals surface area contributed by atoms with Gasteiger partial charge in [-0.25, -0.2) is 4.98 Å². The summed E-state index contributed by atoms with van der Waals surface area (Å²) in [5.41, 5.74) is 7.39. The molecule has 0 radical (unpaired) electrons. The van der Waals surface area contributed by atoms with Crippen molar-refractivity contribution >= 4 is 17.2 Å². The highest BCUT2D eigenvalue weighted by molar-refractivity contribution is 5.71. The third kappa shape index (κ3) is 3.71. The fraction of sp³-hybridized carbons (Fsp3) is 0.0556. The lowest BCUT2D eigenvalue weighted by Crippen LogP contribution is -1.97. The van der Waals surface area contributed by atoms with Crippen molar-refractivity contribution in [3.8, 4) is 17.2 Å². The van der Waals surface area contributed by atoms with Crippen molar-refractivity contribution in [2.24, 2.45) is 0 Å². The van der Waals surface area contributed by atoms with Crippen LogP contribution >= 0.6 is 0 Å². The van der Waals surface area contributed by atoms with Gasteiger partial charge in [0, 0.05) is 18.3 Å². The molecule has 0 fully saturated rings. The summed E-state index contributed by atoms with van der Waals surface area (Å²) in [6.07, 6.45) is 1.68. The smallest absolute Gasteiger partial charge is 0.134 e. The molecule has 1 aromatic heterocycles. The summed E-state index contributed by atoms with van der Waals surface area (Å²) in [4.78, 5) is 4.28. The Kier molecular flexibility index (Phi) is 4.29. The molecule has 3 rings (SSSR count). The minimum atomic E-state index is 0.656. The third-order valence-corrected chi connectivity index (χ3v) is 3.23. The first-order chi connectivity index (χ1) is 11.2. The van der Waals surface area contributed by atoms with Crippen LogP contribution in [-0.2, 0) is 0 Å². The Morgan fingerprint density at radius 3 is 2.52 bits per heavy atom. The van der Waals surface area contributed by atoms with Gasteiger partial charge < -0.3 is 20.5 Å². The van der Waals surface area contributed by atoms with Crippen LogP contribution in [0.25, 0.3) is 0 Å². The molecule has 0 atom stereocenters. The van der Waals surface area contributed by atoms with Crippen LogP contribution < -0.4 is 20.5 Å². The van der Waals surface area contributed by atoms with Gasteiger partial charge in [0.05, 0.1) is 18.5 Å². The van der Waals surface area contributed by atoms with Crippen LogP contribution in [-0.4, -0.2) is 12.1 Å². The number of nitrogens with two attached hydrogens (primary N) is 1. The SMILES string of the molecule is COc1cccc(Oc2ccnc(Nc3ccccc3N)c2)c1. The maximum atomic E-state index is 5.93. The number of nitrogens with one attached hydrogen (secondary N) is 1. The highest BCUT2D eigenvalue weighted by atomic mass is 16.5. The van der Waals surface area contributed by atoms with E-state index in [9.17, 15) is 0 Å². The molecule has 5 heteroatoms. The number of rotatable bonds is 5. The standard InChI is InChI=1S/C18H17N3O2/c1-22-13-5-4-6-14(11-13)23-15-9-10-20-18(12-15)21-17-8-3-2-7-16(17)19/h2-12H,19H2,1H3,(H,20,21). The van der Waals surface area contributed by atoms with Crippen molar-refractivity contribution in [2.45, 2.75) is 0 Å². The minimum Gasteiger partial charge on any atom is -0.497 e. The van der Waals surface area contributed by atoms with Gasteiger partial charge in [-0.1, -0.05) is 18.2 Å². The Balaban J connectivity index is 1.78. The lowest BCUT2D eigenvalue weighted by atomic mass is 10.2. The number of para-hydroxylation sites is 2. The second-order valence-corrected chi connectivity index (χ2v) is 4.87. The zero-order valence-corrected chi connectivity index (χ0v) is 12.7. The Morgan fingerprint density at radius 2 is 1.70 bits per heavy atom. The number of nitrogen functional groups attached to an aromatic ring is 1. The maximum Gasteiger partial charge on any atom is 0.134 e. The van der Waals surface area contributed by atoms with E-state index in [1.54, 1.807) is 19.4 Å². The van der Waals surface area contributed by atoms with Gasteiger partial charge in [0.2, 0.25) is 0 Å². The van der Waals surface area contributed by atoms with E-state index in [0.29, 0.717) is 23.0 Å². The normalized spacial score (nSPS) is 10.1. The van der Waals surface area contributed by atoms with Gasteiger partial charge in [-0.15, -0.1) is 0 Å². The van der Waals surface area contributed by atoms with Crippen molar-refractivity contribution < 1.29 is 9.47 Å². The third-order valence-electron chi connectivity index (χ3n) is 3.23. The van der Waals surface area contributed by atoms with E-state index >= 15 is 0 Å². The van der Waals surface area contributed by atoms with Crippen LogP contribution in [0.4, 0.5) is 17.2 Å². The number of benzene rings is 2. The molecule has 5 nitrogen and oxygen atoms in total. The molecule has 0 aliphatic carbocycles. The van der Waals surface area contributed by atoms with Gasteiger partial charge >= 0.3 is 0 Å². The van der Waals surface area contributed by atoms with Crippen LogP contribution in [0.1, 0.15) is 0 Å². The number of aromatic nitrogens is 1. The van der Waals surface area contributed by atoms with Crippen LogP contribution in [0.3, 0.4) is 0 Å². The van der Waals surface area contributed by atoms with Gasteiger partial charge in [0.25, 0.3) is 0 Å². The number of hydrogen-bond donors (Lipinski definition) is 2. The quantitative estimate of drug-likeness (QED) is 0.691. The minimum absolute atomic E-state index is 0.656. The summed E-state index contributed by atoms with van der Waals surface area (Å²) in [6, 6.07) is 18.6. The number of anilines is 3. The lowest BCUT2D eigenvalue weighted by molar-refractivity contribution is 0.409. The topological polar surface area (TPSA) is 69.4 Å². The van der Waals surface area contributed by atoms with E-state index in [0.717, 1.165) is 11.4 Å². The van der Waals surface area contributed by atoms with Crippen molar-refractivity contribution in [3.05, 3.63) is 66.9 Å². The summed E-state index contributed by atoms with van der Waals surface area (Å²) in [5, 5.41) is 3.18. The van der Waals surface area contributed by atoms with Crippen molar-refractivity contribution in [3.63, 3.8) is 0 Å². The Labute approximate surface area is 134 Å². The first-order valence-electron chi connectivity index (χ1n) is 7.14. The van der Waals surface area contributed by atoms with Crippen molar-refractivity contribution in [1.29, 1.82) is 0 Å². The molecule has 1 heterocycles. The maximum absolute atomic E-state index is 5.93. The first-order valence-corrected chi connectivity index (χ1v) is 7.14. The van der Waals surface area contributed by atoms with Crippen LogP contribution in [0.15, 0.2) is 66.9 Å². The molecule has 0 saturated heterocycles. The second-order valence-electron chi connectivity index (χ2n) is 4.87. The van der Waals surface area contributed by atoms with Crippen LogP contribution in [0, 0.1) is 0 Å². The Bertz CT molecular complexity index is 806. The van der Waals surface area contributed by atoms with Crippen LogP contribution in [0.5, 0.6) is 17.2 Å². The molecule has 0 spiro atoms. The molecule has 2 aromatic carbocycles. The molecular formula is C18H17N3O2. The number of methoxy groups -OCH3 is 1. The van der Waals surface area contributed by atoms with E-state index in [-0.39, 0.29) is 0 Å².